The molecule has 0 fully saturated rings. The van der Waals surface area contributed by atoms with Gasteiger partial charge in [-0.15, -0.1) is 11.3 Å². The summed E-state index contributed by atoms with van der Waals surface area (Å²) < 4.78 is 11.4. The largest absolute Gasteiger partial charge is 0.465 e. The third-order valence-corrected chi connectivity index (χ3v) is 5.95. The minimum absolute atomic E-state index is 0.122. The van der Waals surface area contributed by atoms with Crippen molar-refractivity contribution in [3.8, 4) is 10.7 Å². The molecule has 0 saturated heterocycles. The van der Waals surface area contributed by atoms with Gasteiger partial charge in [-0.2, -0.15) is 0 Å². The number of amides is 1. The molecule has 0 bridgehead atoms. The maximum absolute atomic E-state index is 12.9. The predicted molar refractivity (Wildman–Crippen MR) is 121 cm³/mol. The fourth-order valence-electron chi connectivity index (χ4n) is 3.31. The number of para-hydroxylation sites is 2. The number of fused-ring (bicyclic) bond motifs is 1. The molecule has 162 valence electrons. The highest BCUT2D eigenvalue weighted by Crippen LogP contribution is 2.30. The van der Waals surface area contributed by atoms with Gasteiger partial charge in [0.15, 0.2) is 5.82 Å². The Kier molecular flexibility index (Phi) is 5.74. The smallest absolute Gasteiger partial charge is 0.337 e. The maximum Gasteiger partial charge on any atom is 0.337 e. The van der Waals surface area contributed by atoms with Gasteiger partial charge in [0.05, 0.1) is 46.1 Å². The SMILES string of the molecule is COC(=O)c1cc(NC(=O)c2ccc(-c3nc4ccccc4n3C)s2)cc(C(=O)OC)c1. The quantitative estimate of drug-likeness (QED) is 0.460. The van der Waals surface area contributed by atoms with Crippen molar-refractivity contribution < 1.29 is 23.9 Å². The predicted octanol–water partition coefficient (Wildman–Crippen LogP) is 4.13. The second-order valence-corrected chi connectivity index (χ2v) is 7.97. The zero-order valence-corrected chi connectivity index (χ0v) is 18.4. The molecule has 1 N–H and O–H groups in total. The molecular formula is C23H19N3O5S. The Balaban J connectivity index is 1.62. The summed E-state index contributed by atoms with van der Waals surface area (Å²) in [7, 11) is 4.40. The van der Waals surface area contributed by atoms with Crippen LogP contribution in [-0.4, -0.2) is 41.6 Å². The van der Waals surface area contributed by atoms with Gasteiger partial charge in [-0.3, -0.25) is 4.79 Å². The van der Waals surface area contributed by atoms with Crippen molar-refractivity contribution in [2.75, 3.05) is 19.5 Å². The number of hydrogen-bond donors (Lipinski definition) is 1. The van der Waals surface area contributed by atoms with Crippen LogP contribution in [0.1, 0.15) is 30.4 Å². The van der Waals surface area contributed by atoms with Gasteiger partial charge in [0.25, 0.3) is 5.91 Å². The van der Waals surface area contributed by atoms with Gasteiger partial charge in [0.2, 0.25) is 0 Å². The van der Waals surface area contributed by atoms with Crippen molar-refractivity contribution in [1.29, 1.82) is 0 Å². The molecule has 2 aromatic carbocycles. The number of esters is 2. The molecule has 0 saturated carbocycles. The van der Waals surface area contributed by atoms with E-state index in [4.69, 9.17) is 9.47 Å². The molecule has 4 rings (SSSR count). The lowest BCUT2D eigenvalue weighted by Crippen LogP contribution is -2.13. The van der Waals surface area contributed by atoms with Gasteiger partial charge >= 0.3 is 11.9 Å². The van der Waals surface area contributed by atoms with Crippen LogP contribution in [0.2, 0.25) is 0 Å². The number of imidazole rings is 1. The van der Waals surface area contributed by atoms with E-state index in [1.165, 1.54) is 43.8 Å². The second-order valence-electron chi connectivity index (χ2n) is 6.88. The number of carbonyl (C=O) groups excluding carboxylic acids is 3. The number of thiophene rings is 1. The highest BCUT2D eigenvalue weighted by molar-refractivity contribution is 7.17. The van der Waals surface area contributed by atoms with Crippen LogP contribution >= 0.6 is 11.3 Å². The van der Waals surface area contributed by atoms with Gasteiger partial charge in [-0.1, -0.05) is 12.1 Å². The molecule has 0 aliphatic carbocycles. The molecule has 0 atom stereocenters. The van der Waals surface area contributed by atoms with E-state index in [1.54, 1.807) is 6.07 Å². The Morgan fingerprint density at radius 1 is 0.938 bits per heavy atom. The first kappa shape index (κ1) is 21.3. The Morgan fingerprint density at radius 3 is 2.22 bits per heavy atom. The van der Waals surface area contributed by atoms with Gasteiger partial charge in [-0.05, 0) is 42.5 Å². The summed E-state index contributed by atoms with van der Waals surface area (Å²) in [5.74, 6) is -0.883. The summed E-state index contributed by atoms with van der Waals surface area (Å²) in [5.41, 5.74) is 2.39. The minimum Gasteiger partial charge on any atom is -0.465 e. The number of benzene rings is 2. The molecule has 0 unspecified atom stereocenters. The Morgan fingerprint density at radius 2 is 1.59 bits per heavy atom. The fraction of sp³-hybridized carbons (Fsp3) is 0.130. The highest BCUT2D eigenvalue weighted by Gasteiger charge is 2.18. The number of ether oxygens (including phenoxy) is 2. The van der Waals surface area contributed by atoms with Gasteiger partial charge in [-0.25, -0.2) is 14.6 Å². The van der Waals surface area contributed by atoms with E-state index in [0.29, 0.717) is 4.88 Å². The summed E-state index contributed by atoms with van der Waals surface area (Å²) in [6, 6.07) is 15.6. The third kappa shape index (κ3) is 3.97. The van der Waals surface area contributed by atoms with Crippen LogP contribution in [-0.2, 0) is 16.5 Å². The van der Waals surface area contributed by atoms with Crippen molar-refractivity contribution >= 4 is 45.9 Å². The third-order valence-electron chi connectivity index (χ3n) is 4.87. The zero-order valence-electron chi connectivity index (χ0n) is 17.5. The number of anilines is 1. The molecule has 0 aliphatic rings. The molecule has 2 heterocycles. The number of aromatic nitrogens is 2. The van der Waals surface area contributed by atoms with Crippen LogP contribution < -0.4 is 5.32 Å². The van der Waals surface area contributed by atoms with Gasteiger partial charge in [0, 0.05) is 12.7 Å². The van der Waals surface area contributed by atoms with Crippen molar-refractivity contribution in [2.45, 2.75) is 0 Å². The van der Waals surface area contributed by atoms with E-state index in [-0.39, 0.29) is 22.7 Å². The average Bonchev–Trinajstić information content (AvgIpc) is 3.43. The second kappa shape index (κ2) is 8.64. The number of rotatable bonds is 5. The molecule has 1 amide bonds. The van der Waals surface area contributed by atoms with E-state index in [9.17, 15) is 14.4 Å². The Hall–Kier alpha value is -3.98. The van der Waals surface area contributed by atoms with Crippen molar-refractivity contribution in [3.63, 3.8) is 0 Å². The zero-order chi connectivity index (χ0) is 22.8. The fourth-order valence-corrected chi connectivity index (χ4v) is 4.24. The highest BCUT2D eigenvalue weighted by atomic mass is 32.1. The minimum atomic E-state index is -0.633. The molecule has 9 heteroatoms. The molecule has 0 radical (unpaired) electrons. The standard InChI is InChI=1S/C23H19N3O5S/c1-26-17-7-5-4-6-16(17)25-20(26)18-8-9-19(32-18)21(27)24-15-11-13(22(28)30-2)10-14(12-15)23(29)31-3/h4-12H,1-3H3,(H,24,27). The molecule has 0 spiro atoms. The topological polar surface area (TPSA) is 99.5 Å². The van der Waals surface area contributed by atoms with Crippen LogP contribution in [0.5, 0.6) is 0 Å². The van der Waals surface area contributed by atoms with Crippen LogP contribution in [0.25, 0.3) is 21.7 Å². The lowest BCUT2D eigenvalue weighted by Gasteiger charge is -2.09. The lowest BCUT2D eigenvalue weighted by atomic mass is 10.1. The monoisotopic (exact) mass is 449 g/mol. The van der Waals surface area contributed by atoms with E-state index in [1.807, 2.05) is 41.9 Å². The molecule has 32 heavy (non-hydrogen) atoms. The number of nitrogens with zero attached hydrogens (tertiary/aromatic N) is 2. The molecular weight excluding hydrogens is 430 g/mol. The summed E-state index contributed by atoms with van der Waals surface area (Å²) in [6.07, 6.45) is 0. The Bertz CT molecular complexity index is 1320. The molecule has 8 nitrogen and oxygen atoms in total. The van der Waals surface area contributed by atoms with E-state index in [2.05, 4.69) is 10.3 Å². The van der Waals surface area contributed by atoms with Crippen molar-refractivity contribution in [3.05, 3.63) is 70.6 Å². The van der Waals surface area contributed by atoms with E-state index < -0.39 is 11.9 Å². The summed E-state index contributed by atoms with van der Waals surface area (Å²) in [4.78, 5) is 42.7. The van der Waals surface area contributed by atoms with Crippen molar-refractivity contribution in [2.24, 2.45) is 7.05 Å². The molecule has 2 aromatic heterocycles. The van der Waals surface area contributed by atoms with Crippen LogP contribution in [0, 0.1) is 0 Å². The van der Waals surface area contributed by atoms with E-state index >= 15 is 0 Å². The summed E-state index contributed by atoms with van der Waals surface area (Å²) >= 11 is 1.29. The number of hydrogen-bond acceptors (Lipinski definition) is 7. The first-order valence-electron chi connectivity index (χ1n) is 9.56. The summed E-state index contributed by atoms with van der Waals surface area (Å²) in [6.45, 7) is 0. The first-order chi connectivity index (χ1) is 15.4. The lowest BCUT2D eigenvalue weighted by molar-refractivity contribution is 0.0599. The average molecular weight is 449 g/mol. The van der Waals surface area contributed by atoms with E-state index in [0.717, 1.165) is 21.7 Å². The Labute approximate surface area is 187 Å². The molecule has 4 aromatic rings. The number of aryl methyl sites for hydroxylation is 1. The normalized spacial score (nSPS) is 10.7. The van der Waals surface area contributed by atoms with Crippen molar-refractivity contribution in [1.82, 2.24) is 9.55 Å². The van der Waals surface area contributed by atoms with Gasteiger partial charge < -0.3 is 19.4 Å². The number of carbonyl (C=O) groups is 3. The van der Waals surface area contributed by atoms with Crippen LogP contribution in [0.3, 0.4) is 0 Å². The van der Waals surface area contributed by atoms with Crippen LogP contribution in [0.4, 0.5) is 5.69 Å². The molecule has 0 aliphatic heterocycles. The van der Waals surface area contributed by atoms with Crippen LogP contribution in [0.15, 0.2) is 54.6 Å². The number of methoxy groups -OCH3 is 2. The number of nitrogens with one attached hydrogen (secondary N) is 1. The maximum atomic E-state index is 12.9. The summed E-state index contributed by atoms with van der Waals surface area (Å²) in [5, 5.41) is 2.73. The first-order valence-corrected chi connectivity index (χ1v) is 10.4. The van der Waals surface area contributed by atoms with Gasteiger partial charge in [0.1, 0.15) is 0 Å².